The number of carbonyl (C=O) groups excluding carboxylic acids is 1. The molecule has 0 bridgehead atoms. The summed E-state index contributed by atoms with van der Waals surface area (Å²) in [6, 6.07) is 3.48. The summed E-state index contributed by atoms with van der Waals surface area (Å²) >= 11 is 0. The van der Waals surface area contributed by atoms with Gasteiger partial charge >= 0.3 is 6.03 Å². The molecule has 3 rings (SSSR count). The average Bonchev–Trinajstić information content (AvgIpc) is 2.85. The van der Waals surface area contributed by atoms with Crippen LogP contribution in [-0.4, -0.2) is 47.1 Å². The van der Waals surface area contributed by atoms with E-state index < -0.39 is 23.6 Å². The minimum atomic E-state index is -1.27. The molecule has 1 fully saturated rings. The highest BCUT2D eigenvalue weighted by Gasteiger charge is 2.22. The summed E-state index contributed by atoms with van der Waals surface area (Å²) in [4.78, 5) is 22.7. The molecule has 0 radical (unpaired) electrons. The zero-order valence-corrected chi connectivity index (χ0v) is 13.3. The molecule has 0 saturated carbocycles. The molecular weight excluding hydrogens is 335 g/mol. The third-order valence-electron chi connectivity index (χ3n) is 3.91. The number of hydrogen-bond acceptors (Lipinski definition) is 4. The Morgan fingerprint density at radius 2 is 1.88 bits per heavy atom. The number of pyridine rings is 2. The topological polar surface area (TPSA) is 61.4 Å². The quantitative estimate of drug-likeness (QED) is 0.845. The predicted octanol–water partition coefficient (Wildman–Crippen LogP) is 2.64. The van der Waals surface area contributed by atoms with Gasteiger partial charge in [0, 0.05) is 38.6 Å². The van der Waals surface area contributed by atoms with Gasteiger partial charge in [-0.05, 0) is 24.6 Å². The number of nitrogens with zero attached hydrogens (tertiary/aromatic N) is 4. The van der Waals surface area contributed by atoms with E-state index in [1.807, 2.05) is 0 Å². The van der Waals surface area contributed by atoms with E-state index in [1.165, 1.54) is 29.3 Å². The molecule has 0 atom stereocenters. The Morgan fingerprint density at radius 3 is 2.68 bits per heavy atom. The number of anilines is 2. The smallest absolute Gasteiger partial charge is 0.321 e. The lowest BCUT2D eigenvalue weighted by Crippen LogP contribution is -2.38. The van der Waals surface area contributed by atoms with Crippen LogP contribution in [0.4, 0.5) is 29.5 Å². The van der Waals surface area contributed by atoms with E-state index in [0.29, 0.717) is 32.6 Å². The van der Waals surface area contributed by atoms with E-state index in [-0.39, 0.29) is 11.5 Å². The number of halogens is 3. The Kier molecular flexibility index (Phi) is 5.01. The minimum absolute atomic E-state index is 0.243. The summed E-state index contributed by atoms with van der Waals surface area (Å²) in [7, 11) is 0. The van der Waals surface area contributed by atoms with E-state index in [0.717, 1.165) is 6.20 Å². The normalized spacial score (nSPS) is 15.0. The van der Waals surface area contributed by atoms with Crippen molar-refractivity contribution in [2.24, 2.45) is 0 Å². The van der Waals surface area contributed by atoms with Gasteiger partial charge in [-0.15, -0.1) is 0 Å². The highest BCUT2D eigenvalue weighted by atomic mass is 19.2. The minimum Gasteiger partial charge on any atom is -0.352 e. The van der Waals surface area contributed by atoms with Crippen molar-refractivity contribution in [1.82, 2.24) is 14.9 Å². The maximum Gasteiger partial charge on any atom is 0.321 e. The molecule has 132 valence electrons. The average molecular weight is 351 g/mol. The van der Waals surface area contributed by atoms with Gasteiger partial charge in [-0.25, -0.2) is 19.2 Å². The highest BCUT2D eigenvalue weighted by Crippen LogP contribution is 2.19. The molecule has 1 aliphatic heterocycles. The van der Waals surface area contributed by atoms with Crippen molar-refractivity contribution < 1.29 is 18.0 Å². The van der Waals surface area contributed by atoms with Crippen LogP contribution in [0, 0.1) is 17.6 Å². The summed E-state index contributed by atoms with van der Waals surface area (Å²) in [6.07, 6.45) is 3.17. The van der Waals surface area contributed by atoms with Gasteiger partial charge < -0.3 is 15.1 Å². The maximum absolute atomic E-state index is 13.9. The first-order chi connectivity index (χ1) is 12.1. The summed E-state index contributed by atoms with van der Waals surface area (Å²) in [6.45, 7) is 1.63. The van der Waals surface area contributed by atoms with Gasteiger partial charge in [0.2, 0.25) is 5.82 Å². The summed E-state index contributed by atoms with van der Waals surface area (Å²) in [5.74, 6) is -2.66. The first-order valence-corrected chi connectivity index (χ1v) is 7.77. The number of rotatable bonds is 2. The van der Waals surface area contributed by atoms with E-state index >= 15 is 0 Å². The van der Waals surface area contributed by atoms with Gasteiger partial charge in [0.05, 0.1) is 5.69 Å². The van der Waals surface area contributed by atoms with Crippen LogP contribution in [0.15, 0.2) is 30.6 Å². The van der Waals surface area contributed by atoms with Crippen LogP contribution in [0.25, 0.3) is 0 Å². The maximum atomic E-state index is 13.9. The first kappa shape index (κ1) is 17.0. The third-order valence-corrected chi connectivity index (χ3v) is 3.91. The second-order valence-electron chi connectivity index (χ2n) is 5.53. The fourth-order valence-electron chi connectivity index (χ4n) is 2.65. The lowest BCUT2D eigenvalue weighted by molar-refractivity contribution is 0.215. The Bertz CT molecular complexity index is 773. The van der Waals surface area contributed by atoms with Crippen molar-refractivity contribution in [3.8, 4) is 0 Å². The van der Waals surface area contributed by atoms with Crippen LogP contribution in [-0.2, 0) is 0 Å². The molecule has 0 aromatic carbocycles. The van der Waals surface area contributed by atoms with Crippen LogP contribution >= 0.6 is 0 Å². The zero-order chi connectivity index (χ0) is 17.8. The molecule has 2 amide bonds. The molecule has 1 N–H and O–H groups in total. The number of hydrogen-bond donors (Lipinski definition) is 1. The predicted molar refractivity (Wildman–Crippen MR) is 85.8 cm³/mol. The number of amides is 2. The molecule has 6 nitrogen and oxygen atoms in total. The largest absolute Gasteiger partial charge is 0.352 e. The van der Waals surface area contributed by atoms with Crippen LogP contribution in [0.5, 0.6) is 0 Å². The van der Waals surface area contributed by atoms with Crippen molar-refractivity contribution >= 4 is 17.5 Å². The van der Waals surface area contributed by atoms with Crippen LogP contribution < -0.4 is 10.2 Å². The lowest BCUT2D eigenvalue weighted by atomic mass is 10.3. The van der Waals surface area contributed by atoms with Crippen LogP contribution in [0.3, 0.4) is 0 Å². The SMILES string of the molecule is O=C(Nc1ccnc(F)c1F)N1CCCN(c2ncccc2F)CC1. The monoisotopic (exact) mass is 351 g/mol. The Labute approximate surface area is 142 Å². The van der Waals surface area contributed by atoms with E-state index in [4.69, 9.17) is 0 Å². The van der Waals surface area contributed by atoms with Gasteiger partial charge in [-0.3, -0.25) is 0 Å². The third kappa shape index (κ3) is 3.81. The number of carbonyl (C=O) groups is 1. The van der Waals surface area contributed by atoms with Crippen molar-refractivity contribution in [2.75, 3.05) is 36.4 Å². The Morgan fingerprint density at radius 1 is 1.04 bits per heavy atom. The number of urea groups is 1. The second kappa shape index (κ2) is 7.37. The Balaban J connectivity index is 1.66. The first-order valence-electron chi connectivity index (χ1n) is 7.77. The number of nitrogens with one attached hydrogen (secondary N) is 1. The van der Waals surface area contributed by atoms with E-state index in [1.54, 1.807) is 4.90 Å². The van der Waals surface area contributed by atoms with Crippen LogP contribution in [0.2, 0.25) is 0 Å². The fourth-order valence-corrected chi connectivity index (χ4v) is 2.65. The molecule has 3 heterocycles. The summed E-state index contributed by atoms with van der Waals surface area (Å²) < 4.78 is 40.6. The van der Waals surface area contributed by atoms with Crippen molar-refractivity contribution in [2.45, 2.75) is 6.42 Å². The summed E-state index contributed by atoms with van der Waals surface area (Å²) in [5, 5.41) is 2.34. The molecule has 0 unspecified atom stereocenters. The second-order valence-corrected chi connectivity index (χ2v) is 5.53. The molecule has 2 aromatic heterocycles. The lowest BCUT2D eigenvalue weighted by Gasteiger charge is -2.23. The van der Waals surface area contributed by atoms with Crippen molar-refractivity contribution in [3.05, 3.63) is 48.2 Å². The van der Waals surface area contributed by atoms with Crippen molar-refractivity contribution in [3.63, 3.8) is 0 Å². The van der Waals surface area contributed by atoms with Gasteiger partial charge in [0.25, 0.3) is 5.95 Å². The molecule has 0 aliphatic carbocycles. The standard InChI is InChI=1S/C16H16F3N5O/c17-11-3-1-5-21-15(11)23-7-2-8-24(10-9-23)16(25)22-12-4-6-20-14(19)13(12)18/h1,3-6H,2,7-10H2,(H,20,22,25). The van der Waals surface area contributed by atoms with E-state index in [2.05, 4.69) is 15.3 Å². The molecule has 2 aromatic rings. The van der Waals surface area contributed by atoms with E-state index in [9.17, 15) is 18.0 Å². The molecule has 0 spiro atoms. The van der Waals surface area contributed by atoms with Crippen LogP contribution in [0.1, 0.15) is 6.42 Å². The molecule has 25 heavy (non-hydrogen) atoms. The molecular formula is C16H16F3N5O. The van der Waals surface area contributed by atoms with Gasteiger partial charge in [-0.1, -0.05) is 0 Å². The summed E-state index contributed by atoms with van der Waals surface area (Å²) in [5.41, 5.74) is -0.269. The van der Waals surface area contributed by atoms with Crippen molar-refractivity contribution in [1.29, 1.82) is 0 Å². The van der Waals surface area contributed by atoms with Gasteiger partial charge in [0.1, 0.15) is 0 Å². The Hall–Kier alpha value is -2.84. The highest BCUT2D eigenvalue weighted by molar-refractivity contribution is 5.89. The molecule has 1 aliphatic rings. The molecule has 1 saturated heterocycles. The number of aromatic nitrogens is 2. The molecule has 9 heteroatoms. The zero-order valence-electron chi connectivity index (χ0n) is 13.3. The van der Waals surface area contributed by atoms with Gasteiger partial charge in [0.15, 0.2) is 11.6 Å². The van der Waals surface area contributed by atoms with Gasteiger partial charge in [-0.2, -0.15) is 8.78 Å². The fraction of sp³-hybridized carbons (Fsp3) is 0.312.